The average Bonchev–Trinajstić information content (AvgIpc) is 2.74. The molecule has 5 heteroatoms. The molecule has 0 aliphatic heterocycles. The highest BCUT2D eigenvalue weighted by molar-refractivity contribution is 7.31. The molecule has 1 aromatic heterocycles. The summed E-state index contributed by atoms with van der Waals surface area (Å²) < 4.78 is 18.8. The lowest BCUT2D eigenvalue weighted by Gasteiger charge is -2.21. The van der Waals surface area contributed by atoms with Crippen LogP contribution >= 0.6 is 8.24 Å². The summed E-state index contributed by atoms with van der Waals surface area (Å²) in [6.07, 6.45) is 0. The zero-order valence-corrected chi connectivity index (χ0v) is 19.9. The molecule has 3 aromatic rings. The molecule has 0 aliphatic rings. The molecule has 29 heavy (non-hydrogen) atoms. The highest BCUT2D eigenvalue weighted by Gasteiger charge is 2.24. The third-order valence-corrected chi connectivity index (χ3v) is 6.08. The van der Waals surface area contributed by atoms with E-state index in [2.05, 4.69) is 79.7 Å². The van der Waals surface area contributed by atoms with E-state index in [1.165, 1.54) is 11.1 Å². The van der Waals surface area contributed by atoms with Crippen LogP contribution in [0.3, 0.4) is 0 Å². The lowest BCUT2D eigenvalue weighted by atomic mass is 9.83. The van der Waals surface area contributed by atoms with E-state index in [0.717, 1.165) is 33.1 Å². The van der Waals surface area contributed by atoms with Crippen molar-refractivity contribution in [2.24, 2.45) is 5.73 Å². The number of rotatable bonds is 3. The van der Waals surface area contributed by atoms with E-state index >= 15 is 0 Å². The van der Waals surface area contributed by atoms with Crippen LogP contribution in [0.4, 0.5) is 0 Å². The Hall–Kier alpha value is -1.74. The number of hydrogen-bond acceptors (Lipinski definition) is 4. The molecule has 0 amide bonds. The van der Waals surface area contributed by atoms with E-state index in [4.69, 9.17) is 18.7 Å². The van der Waals surface area contributed by atoms with Crippen LogP contribution in [-0.2, 0) is 10.8 Å². The molecule has 4 nitrogen and oxygen atoms in total. The summed E-state index contributed by atoms with van der Waals surface area (Å²) in [5.41, 5.74) is 12.0. The molecule has 3 rings (SSSR count). The van der Waals surface area contributed by atoms with Gasteiger partial charge < -0.3 is 14.1 Å². The van der Waals surface area contributed by atoms with E-state index in [9.17, 15) is 0 Å². The van der Waals surface area contributed by atoms with Crippen molar-refractivity contribution >= 4 is 30.2 Å². The smallest absolute Gasteiger partial charge is 0.387 e. The second-order valence-corrected chi connectivity index (χ2v) is 11.0. The number of hydrogen-bond donors (Lipinski definition) is 1. The fraction of sp³-hybridized carbons (Fsp3) is 0.500. The normalized spacial score (nSPS) is 12.7. The van der Waals surface area contributed by atoms with Crippen LogP contribution in [0.15, 0.2) is 32.7 Å². The van der Waals surface area contributed by atoms with Crippen molar-refractivity contribution in [1.82, 2.24) is 0 Å². The lowest BCUT2D eigenvalue weighted by molar-refractivity contribution is 0.380. The fourth-order valence-electron chi connectivity index (χ4n) is 3.61. The summed E-state index contributed by atoms with van der Waals surface area (Å²) in [5, 5.41) is 2.14. The van der Waals surface area contributed by atoms with E-state index in [1.54, 1.807) is 0 Å². The Bertz CT molecular complexity index is 1000. The van der Waals surface area contributed by atoms with Crippen molar-refractivity contribution in [2.75, 3.05) is 13.2 Å². The van der Waals surface area contributed by atoms with Crippen LogP contribution in [-0.4, -0.2) is 13.2 Å². The van der Waals surface area contributed by atoms with Crippen molar-refractivity contribution in [2.45, 2.75) is 66.2 Å². The minimum Gasteiger partial charge on any atom is -0.399 e. The predicted molar refractivity (Wildman–Crippen MR) is 124 cm³/mol. The van der Waals surface area contributed by atoms with Gasteiger partial charge in [0.1, 0.15) is 11.2 Å². The maximum atomic E-state index is 6.43. The van der Waals surface area contributed by atoms with Crippen molar-refractivity contribution in [1.29, 1.82) is 0 Å². The van der Waals surface area contributed by atoms with Gasteiger partial charge in [0.15, 0.2) is 0 Å². The Morgan fingerprint density at radius 3 is 1.55 bits per heavy atom. The molecule has 2 aromatic carbocycles. The Labute approximate surface area is 175 Å². The van der Waals surface area contributed by atoms with Gasteiger partial charge in [-0.25, -0.2) is 0 Å². The Kier molecular flexibility index (Phi) is 5.93. The molecule has 0 spiro atoms. The van der Waals surface area contributed by atoms with E-state index in [-0.39, 0.29) is 10.8 Å². The van der Waals surface area contributed by atoms with Crippen LogP contribution in [0.1, 0.15) is 63.8 Å². The Balaban J connectivity index is 2.61. The van der Waals surface area contributed by atoms with Gasteiger partial charge in [-0.2, -0.15) is 0 Å². The maximum Gasteiger partial charge on any atom is 0.387 e. The minimum atomic E-state index is -1.60. The number of aryl methyl sites for hydroxylation is 2. The first-order valence-electron chi connectivity index (χ1n) is 10.2. The van der Waals surface area contributed by atoms with Crippen molar-refractivity contribution in [3.8, 4) is 0 Å². The summed E-state index contributed by atoms with van der Waals surface area (Å²) in [4.78, 5) is 0. The molecule has 0 fully saturated rings. The zero-order chi connectivity index (χ0) is 21.6. The Morgan fingerprint density at radius 1 is 0.793 bits per heavy atom. The first-order chi connectivity index (χ1) is 13.4. The molecule has 158 valence electrons. The number of benzene rings is 2. The number of nitrogens with two attached hydrogens (primary N) is 1. The molecule has 0 saturated heterocycles. The van der Waals surface area contributed by atoms with E-state index in [1.807, 2.05) is 0 Å². The third-order valence-electron chi connectivity index (χ3n) is 5.02. The maximum absolute atomic E-state index is 6.43. The third kappa shape index (κ3) is 4.55. The predicted octanol–water partition coefficient (Wildman–Crippen LogP) is 6.89. The van der Waals surface area contributed by atoms with Crippen molar-refractivity contribution in [3.05, 3.63) is 46.5 Å². The summed E-state index contributed by atoms with van der Waals surface area (Å²) in [7, 11) is -1.60. The largest absolute Gasteiger partial charge is 0.399 e. The summed E-state index contributed by atoms with van der Waals surface area (Å²) in [5.74, 6) is 0. The van der Waals surface area contributed by atoms with Gasteiger partial charge in [0, 0.05) is 28.4 Å². The molecular weight excluding hydrogens is 381 g/mol. The summed E-state index contributed by atoms with van der Waals surface area (Å²) in [6, 6.07) is 8.81. The fourth-order valence-corrected chi connectivity index (χ4v) is 4.69. The molecular formula is C24H34NO3P. The van der Waals surface area contributed by atoms with E-state index < -0.39 is 8.24 Å². The standard InChI is InChI=1S/C24H34NO3P/c1-15-11-17-18-12-16(2)14-20(24(6,7)8)22(18)28-29(26-10-9-25)27-21(17)19(13-15)23(3,4)5/h11-14H,9-10,25H2,1-8H3. The molecule has 0 saturated carbocycles. The zero-order valence-electron chi connectivity index (χ0n) is 19.0. The second-order valence-electron chi connectivity index (χ2n) is 9.91. The lowest BCUT2D eigenvalue weighted by Crippen LogP contribution is -2.12. The van der Waals surface area contributed by atoms with Crippen LogP contribution in [0.25, 0.3) is 21.9 Å². The SMILES string of the molecule is Cc1cc(C(C)(C)C)c2op(OCCN)oc3c(C(C)(C)C)cc(C)cc3c2c1. The van der Waals surface area contributed by atoms with Crippen LogP contribution in [0, 0.1) is 13.8 Å². The minimum absolute atomic E-state index is 0.0772. The molecule has 1 heterocycles. The molecule has 0 bridgehead atoms. The highest BCUT2D eigenvalue weighted by Crippen LogP contribution is 2.42. The van der Waals surface area contributed by atoms with Crippen molar-refractivity contribution < 1.29 is 12.9 Å². The Morgan fingerprint density at radius 2 is 1.21 bits per heavy atom. The van der Waals surface area contributed by atoms with Gasteiger partial charge in [-0.1, -0.05) is 53.7 Å². The van der Waals surface area contributed by atoms with Crippen LogP contribution < -0.4 is 10.3 Å². The van der Waals surface area contributed by atoms with E-state index in [0.29, 0.717) is 13.2 Å². The molecule has 2 N–H and O–H groups in total. The van der Waals surface area contributed by atoms with Gasteiger partial charge in [-0.3, -0.25) is 4.52 Å². The van der Waals surface area contributed by atoms with Gasteiger partial charge in [0.05, 0.1) is 6.61 Å². The van der Waals surface area contributed by atoms with Crippen LogP contribution in [0.5, 0.6) is 0 Å². The highest BCUT2D eigenvalue weighted by atomic mass is 31.1. The second kappa shape index (κ2) is 7.83. The number of fused-ring (bicyclic) bond motifs is 3. The molecule has 0 radical (unpaired) electrons. The topological polar surface area (TPSA) is 61.5 Å². The van der Waals surface area contributed by atoms with Gasteiger partial charge in [-0.15, -0.1) is 0 Å². The van der Waals surface area contributed by atoms with Gasteiger partial charge >= 0.3 is 8.24 Å². The van der Waals surface area contributed by atoms with Crippen molar-refractivity contribution in [3.63, 3.8) is 0 Å². The summed E-state index contributed by atoms with van der Waals surface area (Å²) in [6.45, 7) is 18.3. The molecule has 0 unspecified atom stereocenters. The molecule has 0 aliphatic carbocycles. The quantitative estimate of drug-likeness (QED) is 0.506. The summed E-state index contributed by atoms with van der Waals surface area (Å²) >= 11 is 0. The monoisotopic (exact) mass is 415 g/mol. The molecule has 0 atom stereocenters. The first kappa shape index (κ1) is 22.0. The average molecular weight is 416 g/mol. The van der Waals surface area contributed by atoms with Gasteiger partial charge in [0.25, 0.3) is 0 Å². The van der Waals surface area contributed by atoms with Crippen LogP contribution in [0.2, 0.25) is 0 Å². The van der Waals surface area contributed by atoms with Gasteiger partial charge in [0.2, 0.25) is 0 Å². The van der Waals surface area contributed by atoms with Gasteiger partial charge in [-0.05, 0) is 47.9 Å². The first-order valence-corrected chi connectivity index (χ1v) is 11.3.